The number of nitrogens with zero attached hydrogens (tertiary/aromatic N) is 3. The zero-order valence-corrected chi connectivity index (χ0v) is 12.4. The van der Waals surface area contributed by atoms with Gasteiger partial charge in [0.1, 0.15) is 0 Å². The van der Waals surface area contributed by atoms with Crippen LogP contribution in [0.1, 0.15) is 37.7 Å². The molecule has 5 heteroatoms. The van der Waals surface area contributed by atoms with Gasteiger partial charge in [0.2, 0.25) is 11.8 Å². The standard InChI is InChI=1S/C16H21N3O2/c1-2-19-15(20)11-14(16(19)21)18-9-5-13(6-10-18)12-3-7-17-8-4-12/h3-4,7-8,13-14H,2,5-6,9-11H2,1H3/t14-/m0/s1. The molecular formula is C16H21N3O2. The number of likely N-dealkylation sites (tertiary alicyclic amines) is 2. The van der Waals surface area contributed by atoms with Gasteiger partial charge in [0.15, 0.2) is 0 Å². The predicted molar refractivity (Wildman–Crippen MR) is 78.6 cm³/mol. The van der Waals surface area contributed by atoms with E-state index in [1.807, 2.05) is 19.3 Å². The van der Waals surface area contributed by atoms with Crippen molar-refractivity contribution >= 4 is 11.8 Å². The second kappa shape index (κ2) is 5.93. The lowest BCUT2D eigenvalue weighted by Crippen LogP contribution is -2.45. The van der Waals surface area contributed by atoms with E-state index in [1.54, 1.807) is 0 Å². The summed E-state index contributed by atoms with van der Waals surface area (Å²) in [6.07, 6.45) is 6.09. The van der Waals surface area contributed by atoms with Crippen LogP contribution in [-0.2, 0) is 9.59 Å². The monoisotopic (exact) mass is 287 g/mol. The highest BCUT2D eigenvalue weighted by Gasteiger charge is 2.41. The third-order valence-corrected chi connectivity index (χ3v) is 4.68. The van der Waals surface area contributed by atoms with Crippen LogP contribution in [0.2, 0.25) is 0 Å². The first-order chi connectivity index (χ1) is 10.2. The van der Waals surface area contributed by atoms with Crippen molar-refractivity contribution in [2.75, 3.05) is 19.6 Å². The largest absolute Gasteiger partial charge is 0.291 e. The Labute approximate surface area is 124 Å². The fourth-order valence-corrected chi connectivity index (χ4v) is 3.46. The Kier molecular flexibility index (Phi) is 4.01. The number of pyridine rings is 1. The molecule has 1 aromatic rings. The van der Waals surface area contributed by atoms with Crippen LogP contribution < -0.4 is 0 Å². The predicted octanol–water partition coefficient (Wildman–Crippen LogP) is 1.41. The third-order valence-electron chi connectivity index (χ3n) is 4.68. The summed E-state index contributed by atoms with van der Waals surface area (Å²) < 4.78 is 0. The lowest BCUT2D eigenvalue weighted by Gasteiger charge is -2.34. The highest BCUT2D eigenvalue weighted by atomic mass is 16.2. The molecule has 0 aliphatic carbocycles. The van der Waals surface area contributed by atoms with Gasteiger partial charge < -0.3 is 0 Å². The Morgan fingerprint density at radius 3 is 2.43 bits per heavy atom. The molecule has 0 unspecified atom stereocenters. The highest BCUT2D eigenvalue weighted by Crippen LogP contribution is 2.30. The van der Waals surface area contributed by atoms with Crippen LogP contribution in [0.4, 0.5) is 0 Å². The molecular weight excluding hydrogens is 266 g/mol. The van der Waals surface area contributed by atoms with E-state index in [0.717, 1.165) is 25.9 Å². The average Bonchev–Trinajstić information content (AvgIpc) is 2.82. The number of carbonyl (C=O) groups is 2. The summed E-state index contributed by atoms with van der Waals surface area (Å²) >= 11 is 0. The van der Waals surface area contributed by atoms with E-state index in [4.69, 9.17) is 0 Å². The number of piperidine rings is 1. The van der Waals surface area contributed by atoms with E-state index >= 15 is 0 Å². The van der Waals surface area contributed by atoms with Gasteiger partial charge >= 0.3 is 0 Å². The summed E-state index contributed by atoms with van der Waals surface area (Å²) in [6, 6.07) is 3.92. The molecule has 0 N–H and O–H groups in total. The quantitative estimate of drug-likeness (QED) is 0.789. The molecule has 21 heavy (non-hydrogen) atoms. The van der Waals surface area contributed by atoms with Gasteiger partial charge in [0.25, 0.3) is 0 Å². The van der Waals surface area contributed by atoms with Gasteiger partial charge in [-0.2, -0.15) is 0 Å². The number of likely N-dealkylation sites (N-methyl/N-ethyl adjacent to an activating group) is 1. The molecule has 2 fully saturated rings. The maximum atomic E-state index is 12.3. The maximum Gasteiger partial charge on any atom is 0.247 e. The van der Waals surface area contributed by atoms with Crippen LogP contribution in [0, 0.1) is 0 Å². The molecule has 0 bridgehead atoms. The molecule has 2 saturated heterocycles. The summed E-state index contributed by atoms with van der Waals surface area (Å²) in [5.41, 5.74) is 1.33. The van der Waals surface area contributed by atoms with E-state index in [-0.39, 0.29) is 17.9 Å². The first-order valence-corrected chi connectivity index (χ1v) is 7.69. The zero-order chi connectivity index (χ0) is 14.8. The number of aromatic nitrogens is 1. The molecule has 3 rings (SSSR count). The molecule has 2 amide bonds. The lowest BCUT2D eigenvalue weighted by molar-refractivity contribution is -0.139. The van der Waals surface area contributed by atoms with Crippen molar-refractivity contribution in [1.82, 2.24) is 14.8 Å². The minimum atomic E-state index is -0.226. The van der Waals surface area contributed by atoms with E-state index in [2.05, 4.69) is 22.0 Å². The molecule has 0 radical (unpaired) electrons. The van der Waals surface area contributed by atoms with E-state index in [9.17, 15) is 9.59 Å². The lowest BCUT2D eigenvalue weighted by atomic mass is 9.89. The molecule has 2 aliphatic heterocycles. The average molecular weight is 287 g/mol. The van der Waals surface area contributed by atoms with Crippen molar-refractivity contribution in [2.45, 2.75) is 38.1 Å². The van der Waals surface area contributed by atoms with Crippen LogP contribution in [0.5, 0.6) is 0 Å². The smallest absolute Gasteiger partial charge is 0.247 e. The summed E-state index contributed by atoms with van der Waals surface area (Å²) in [5, 5.41) is 0. The number of rotatable bonds is 3. The molecule has 0 spiro atoms. The van der Waals surface area contributed by atoms with Crippen molar-refractivity contribution in [3.8, 4) is 0 Å². The minimum absolute atomic E-state index is 0.00939. The van der Waals surface area contributed by atoms with E-state index in [1.165, 1.54) is 10.5 Å². The zero-order valence-electron chi connectivity index (χ0n) is 12.4. The molecule has 3 heterocycles. The first kappa shape index (κ1) is 14.2. The van der Waals surface area contributed by atoms with Crippen molar-refractivity contribution in [2.24, 2.45) is 0 Å². The van der Waals surface area contributed by atoms with Gasteiger partial charge in [-0.1, -0.05) is 0 Å². The van der Waals surface area contributed by atoms with E-state index < -0.39 is 0 Å². The van der Waals surface area contributed by atoms with Gasteiger partial charge in [0.05, 0.1) is 12.5 Å². The summed E-state index contributed by atoms with van der Waals surface area (Å²) in [5.74, 6) is 0.507. The van der Waals surface area contributed by atoms with Crippen LogP contribution in [0.15, 0.2) is 24.5 Å². The molecule has 112 valence electrons. The number of hydrogen-bond donors (Lipinski definition) is 0. The SMILES string of the molecule is CCN1C(=O)C[C@H](N2CCC(c3ccncc3)CC2)C1=O. The molecule has 5 nitrogen and oxygen atoms in total. The highest BCUT2D eigenvalue weighted by molar-refractivity contribution is 6.05. The summed E-state index contributed by atoms with van der Waals surface area (Å²) in [4.78, 5) is 31.7. The first-order valence-electron chi connectivity index (χ1n) is 7.69. The Morgan fingerprint density at radius 2 is 1.86 bits per heavy atom. The second-order valence-corrected chi connectivity index (χ2v) is 5.79. The summed E-state index contributed by atoms with van der Waals surface area (Å²) in [7, 11) is 0. The Bertz CT molecular complexity index is 524. The minimum Gasteiger partial charge on any atom is -0.291 e. The van der Waals surface area contributed by atoms with Gasteiger partial charge in [-0.05, 0) is 56.5 Å². The fourth-order valence-electron chi connectivity index (χ4n) is 3.46. The normalized spacial score (nSPS) is 24.8. The number of amides is 2. The second-order valence-electron chi connectivity index (χ2n) is 5.79. The molecule has 0 saturated carbocycles. The fraction of sp³-hybridized carbons (Fsp3) is 0.562. The van der Waals surface area contributed by atoms with Crippen LogP contribution >= 0.6 is 0 Å². The van der Waals surface area contributed by atoms with E-state index in [0.29, 0.717) is 18.9 Å². The van der Waals surface area contributed by atoms with Crippen molar-refractivity contribution < 1.29 is 9.59 Å². The Morgan fingerprint density at radius 1 is 1.19 bits per heavy atom. The number of hydrogen-bond acceptors (Lipinski definition) is 4. The van der Waals surface area contributed by atoms with Gasteiger partial charge in [0, 0.05) is 18.9 Å². The molecule has 0 aromatic carbocycles. The summed E-state index contributed by atoms with van der Waals surface area (Å²) in [6.45, 7) is 4.11. The number of imide groups is 1. The van der Waals surface area contributed by atoms with Crippen molar-refractivity contribution in [3.63, 3.8) is 0 Å². The molecule has 1 aromatic heterocycles. The molecule has 2 aliphatic rings. The van der Waals surface area contributed by atoms with Crippen molar-refractivity contribution in [1.29, 1.82) is 0 Å². The van der Waals surface area contributed by atoms with Crippen LogP contribution in [0.3, 0.4) is 0 Å². The topological polar surface area (TPSA) is 53.5 Å². The Hall–Kier alpha value is -1.75. The maximum absolute atomic E-state index is 12.3. The van der Waals surface area contributed by atoms with Gasteiger partial charge in [-0.15, -0.1) is 0 Å². The molecule has 1 atom stereocenters. The van der Waals surface area contributed by atoms with Crippen molar-refractivity contribution in [3.05, 3.63) is 30.1 Å². The third kappa shape index (κ3) is 2.70. The van der Waals surface area contributed by atoms with Gasteiger partial charge in [-0.3, -0.25) is 24.4 Å². The number of carbonyl (C=O) groups excluding carboxylic acids is 2. The van der Waals surface area contributed by atoms with Crippen LogP contribution in [0.25, 0.3) is 0 Å². The van der Waals surface area contributed by atoms with Crippen LogP contribution in [-0.4, -0.2) is 52.3 Å². The Balaban J connectivity index is 1.62. The van der Waals surface area contributed by atoms with Gasteiger partial charge in [-0.25, -0.2) is 0 Å².